The second-order valence-corrected chi connectivity index (χ2v) is 6.63. The highest BCUT2D eigenvalue weighted by atomic mass is 35.5. The number of nitrogens with zero attached hydrogens (tertiary/aromatic N) is 1. The Balaban J connectivity index is 1.58. The maximum Gasteiger partial charge on any atom is 0.338 e. The van der Waals surface area contributed by atoms with Gasteiger partial charge in [0.25, 0.3) is 11.8 Å². The monoisotopic (exact) mass is 391 g/mol. The topological polar surface area (TPSA) is 63.7 Å². The van der Waals surface area contributed by atoms with Gasteiger partial charge in [0.1, 0.15) is 6.61 Å². The van der Waals surface area contributed by atoms with Gasteiger partial charge >= 0.3 is 5.97 Å². The molecule has 0 N–H and O–H groups in total. The molecule has 0 unspecified atom stereocenters. The molecule has 1 aliphatic heterocycles. The number of para-hydroxylation sites is 1. The zero-order chi connectivity index (χ0) is 19.7. The SMILES string of the molecule is O=C(OCc1ccccc1)c1ccc2c(c1)C(=O)N(c1ccccc1Cl)C2=O. The smallest absolute Gasteiger partial charge is 0.338 e. The molecular formula is C22H14ClNO4. The third-order valence-corrected chi connectivity index (χ3v) is 4.75. The molecule has 0 saturated heterocycles. The van der Waals surface area contributed by atoms with Crippen LogP contribution in [0.1, 0.15) is 36.6 Å². The summed E-state index contributed by atoms with van der Waals surface area (Å²) >= 11 is 6.14. The number of halogens is 1. The summed E-state index contributed by atoms with van der Waals surface area (Å²) in [6.07, 6.45) is 0. The second-order valence-electron chi connectivity index (χ2n) is 6.22. The molecular weight excluding hydrogens is 378 g/mol. The largest absolute Gasteiger partial charge is 0.457 e. The van der Waals surface area contributed by atoms with Crippen molar-refractivity contribution in [2.45, 2.75) is 6.61 Å². The predicted octanol–water partition coefficient (Wildman–Crippen LogP) is 4.50. The lowest BCUT2D eigenvalue weighted by Crippen LogP contribution is -2.29. The Morgan fingerprint density at radius 2 is 1.54 bits per heavy atom. The van der Waals surface area contributed by atoms with Crippen molar-refractivity contribution in [2.75, 3.05) is 4.90 Å². The molecule has 6 heteroatoms. The van der Waals surface area contributed by atoms with Crippen molar-refractivity contribution in [3.63, 3.8) is 0 Å². The summed E-state index contributed by atoms with van der Waals surface area (Å²) in [7, 11) is 0. The maximum atomic E-state index is 12.8. The van der Waals surface area contributed by atoms with Gasteiger partial charge < -0.3 is 4.74 Å². The number of ether oxygens (including phenoxy) is 1. The number of carbonyl (C=O) groups excluding carboxylic acids is 3. The highest BCUT2D eigenvalue weighted by molar-refractivity contribution is 6.39. The molecule has 0 spiro atoms. The first kappa shape index (κ1) is 17.9. The van der Waals surface area contributed by atoms with E-state index in [9.17, 15) is 14.4 Å². The van der Waals surface area contributed by atoms with E-state index in [4.69, 9.17) is 16.3 Å². The normalized spacial score (nSPS) is 12.8. The van der Waals surface area contributed by atoms with Gasteiger partial charge in [-0.3, -0.25) is 9.59 Å². The number of rotatable bonds is 4. The summed E-state index contributed by atoms with van der Waals surface area (Å²) in [6, 6.07) is 20.2. The number of benzene rings is 3. The molecule has 2 amide bonds. The van der Waals surface area contributed by atoms with E-state index < -0.39 is 17.8 Å². The Morgan fingerprint density at radius 1 is 0.857 bits per heavy atom. The summed E-state index contributed by atoms with van der Waals surface area (Å²) < 4.78 is 5.30. The van der Waals surface area contributed by atoms with E-state index in [0.29, 0.717) is 10.7 Å². The summed E-state index contributed by atoms with van der Waals surface area (Å²) in [5, 5.41) is 0.291. The Bertz CT molecular complexity index is 1090. The maximum absolute atomic E-state index is 12.8. The van der Waals surface area contributed by atoms with E-state index in [1.165, 1.54) is 18.2 Å². The van der Waals surface area contributed by atoms with Crippen molar-refractivity contribution < 1.29 is 19.1 Å². The number of imide groups is 1. The van der Waals surface area contributed by atoms with Crippen molar-refractivity contribution in [2.24, 2.45) is 0 Å². The van der Waals surface area contributed by atoms with Crippen LogP contribution in [0.2, 0.25) is 5.02 Å². The van der Waals surface area contributed by atoms with Crippen molar-refractivity contribution in [3.05, 3.63) is 100 Å². The van der Waals surface area contributed by atoms with Gasteiger partial charge in [-0.2, -0.15) is 0 Å². The van der Waals surface area contributed by atoms with Crippen molar-refractivity contribution in [1.82, 2.24) is 0 Å². The van der Waals surface area contributed by atoms with Crippen LogP contribution in [0.4, 0.5) is 5.69 Å². The van der Waals surface area contributed by atoms with Crippen molar-refractivity contribution in [1.29, 1.82) is 0 Å². The van der Waals surface area contributed by atoms with Gasteiger partial charge in [0.05, 0.1) is 27.4 Å². The molecule has 28 heavy (non-hydrogen) atoms. The first-order valence-electron chi connectivity index (χ1n) is 8.54. The Hall–Kier alpha value is -3.44. The van der Waals surface area contributed by atoms with E-state index in [-0.39, 0.29) is 23.3 Å². The standard InChI is InChI=1S/C22H14ClNO4/c23-18-8-4-5-9-19(18)24-20(25)16-11-10-15(12-17(16)21(24)26)22(27)28-13-14-6-2-1-3-7-14/h1-12H,13H2. The molecule has 0 aromatic heterocycles. The molecule has 0 bridgehead atoms. The van der Waals surface area contributed by atoms with E-state index in [1.54, 1.807) is 24.3 Å². The number of amides is 2. The van der Waals surface area contributed by atoms with Crippen LogP contribution in [0, 0.1) is 0 Å². The number of fused-ring (bicyclic) bond motifs is 1. The van der Waals surface area contributed by atoms with E-state index in [0.717, 1.165) is 10.5 Å². The van der Waals surface area contributed by atoms with Crippen LogP contribution in [0.25, 0.3) is 0 Å². The first-order chi connectivity index (χ1) is 13.6. The number of carbonyl (C=O) groups is 3. The molecule has 3 aromatic carbocycles. The van der Waals surface area contributed by atoms with Crippen LogP contribution in [0.5, 0.6) is 0 Å². The molecule has 3 aromatic rings. The van der Waals surface area contributed by atoms with Gasteiger partial charge in [-0.15, -0.1) is 0 Å². The number of hydrogen-bond acceptors (Lipinski definition) is 4. The van der Waals surface area contributed by atoms with Crippen LogP contribution in [-0.4, -0.2) is 17.8 Å². The van der Waals surface area contributed by atoms with Gasteiger partial charge in [-0.1, -0.05) is 54.1 Å². The number of hydrogen-bond donors (Lipinski definition) is 0. The third-order valence-electron chi connectivity index (χ3n) is 4.43. The fourth-order valence-corrected chi connectivity index (χ4v) is 3.25. The van der Waals surface area contributed by atoms with E-state index in [1.807, 2.05) is 30.3 Å². The minimum absolute atomic E-state index is 0.120. The molecule has 138 valence electrons. The minimum atomic E-state index is -0.567. The molecule has 1 heterocycles. The lowest BCUT2D eigenvalue weighted by molar-refractivity contribution is 0.0472. The van der Waals surface area contributed by atoms with Crippen molar-refractivity contribution in [3.8, 4) is 0 Å². The molecule has 5 nitrogen and oxygen atoms in total. The predicted molar refractivity (Wildman–Crippen MR) is 105 cm³/mol. The average Bonchev–Trinajstić information content (AvgIpc) is 2.97. The summed E-state index contributed by atoms with van der Waals surface area (Å²) in [6.45, 7) is 0.120. The lowest BCUT2D eigenvalue weighted by atomic mass is 10.1. The Labute approximate surface area is 166 Å². The zero-order valence-electron chi connectivity index (χ0n) is 14.6. The number of esters is 1. The highest BCUT2D eigenvalue weighted by Crippen LogP contribution is 2.33. The molecule has 0 aliphatic carbocycles. The summed E-state index contributed by atoms with van der Waals surface area (Å²) in [5.74, 6) is -1.56. The first-order valence-corrected chi connectivity index (χ1v) is 8.92. The third kappa shape index (κ3) is 3.17. The van der Waals surface area contributed by atoms with Crippen LogP contribution in [-0.2, 0) is 11.3 Å². The van der Waals surface area contributed by atoms with Gasteiger partial charge in [0.2, 0.25) is 0 Å². The zero-order valence-corrected chi connectivity index (χ0v) is 15.3. The van der Waals surface area contributed by atoms with Crippen LogP contribution >= 0.6 is 11.6 Å². The Morgan fingerprint density at radius 3 is 2.29 bits per heavy atom. The summed E-state index contributed by atoms with van der Waals surface area (Å²) in [4.78, 5) is 38.9. The minimum Gasteiger partial charge on any atom is -0.457 e. The van der Waals surface area contributed by atoms with E-state index >= 15 is 0 Å². The van der Waals surface area contributed by atoms with Gasteiger partial charge in [0.15, 0.2) is 0 Å². The molecule has 4 rings (SSSR count). The van der Waals surface area contributed by atoms with Crippen LogP contribution < -0.4 is 4.90 Å². The molecule has 0 atom stereocenters. The molecule has 0 fully saturated rings. The molecule has 0 saturated carbocycles. The summed E-state index contributed by atoms with van der Waals surface area (Å²) in [5.41, 5.74) is 1.75. The fraction of sp³-hybridized carbons (Fsp3) is 0.0455. The van der Waals surface area contributed by atoms with E-state index in [2.05, 4.69) is 0 Å². The molecule has 0 radical (unpaired) electrons. The van der Waals surface area contributed by atoms with Crippen LogP contribution in [0.3, 0.4) is 0 Å². The lowest BCUT2D eigenvalue weighted by Gasteiger charge is -2.15. The highest BCUT2D eigenvalue weighted by Gasteiger charge is 2.38. The van der Waals surface area contributed by atoms with Gasteiger partial charge in [0, 0.05) is 0 Å². The molecule has 1 aliphatic rings. The Kier molecular flexibility index (Phi) is 4.67. The number of anilines is 1. The van der Waals surface area contributed by atoms with Crippen molar-refractivity contribution >= 4 is 35.1 Å². The quantitative estimate of drug-likeness (QED) is 0.485. The second kappa shape index (κ2) is 7.29. The average molecular weight is 392 g/mol. The van der Waals surface area contributed by atoms with Gasteiger partial charge in [-0.05, 0) is 35.9 Å². The van der Waals surface area contributed by atoms with Gasteiger partial charge in [-0.25, -0.2) is 9.69 Å². The fourth-order valence-electron chi connectivity index (χ4n) is 3.03. The van der Waals surface area contributed by atoms with Crippen LogP contribution in [0.15, 0.2) is 72.8 Å².